The van der Waals surface area contributed by atoms with Crippen LogP contribution >= 0.6 is 0 Å². The average Bonchev–Trinajstić information content (AvgIpc) is 2.38. The van der Waals surface area contributed by atoms with Crippen LogP contribution in [-0.2, 0) is 15.6 Å². The normalized spacial score (nSPS) is 10.8. The summed E-state index contributed by atoms with van der Waals surface area (Å²) < 4.78 is 0. The van der Waals surface area contributed by atoms with Gasteiger partial charge in [0.25, 0.3) is 0 Å². The molecule has 0 aliphatic rings. The molecule has 0 heterocycles. The summed E-state index contributed by atoms with van der Waals surface area (Å²) >= 11 is 3.00. The zero-order valence-electron chi connectivity index (χ0n) is 15.5. The van der Waals surface area contributed by atoms with Crippen LogP contribution in [0.1, 0.15) is 12.8 Å². The van der Waals surface area contributed by atoms with Crippen molar-refractivity contribution in [1.82, 2.24) is 19.6 Å². The van der Waals surface area contributed by atoms with E-state index in [0.717, 1.165) is 0 Å². The average molecular weight is 343 g/mol. The van der Waals surface area contributed by atoms with Crippen LogP contribution in [-0.4, -0.2) is 107 Å². The predicted molar refractivity (Wildman–Crippen MR) is 94.9 cm³/mol. The minimum absolute atomic E-state index is 0. The molecule has 0 rings (SSSR count). The predicted octanol–water partition coefficient (Wildman–Crippen LogP) is 1.17. The Bertz CT molecular complexity index is 181. The van der Waals surface area contributed by atoms with Gasteiger partial charge in [-0.2, -0.15) is 0 Å². The number of hydrogen-bond acceptors (Lipinski definition) is 4. The molecule has 0 fully saturated rings. The van der Waals surface area contributed by atoms with Gasteiger partial charge in [-0.15, -0.1) is 0 Å². The van der Waals surface area contributed by atoms with E-state index in [9.17, 15) is 0 Å². The van der Waals surface area contributed by atoms with E-state index in [4.69, 9.17) is 0 Å². The molecular weight excluding hydrogens is 304 g/mol. The Morgan fingerprint density at radius 2 is 0.857 bits per heavy atom. The van der Waals surface area contributed by atoms with Gasteiger partial charge in [0.1, 0.15) is 0 Å². The summed E-state index contributed by atoms with van der Waals surface area (Å²) in [5, 5.41) is 0. The summed E-state index contributed by atoms with van der Waals surface area (Å²) in [6.45, 7) is 7.11. The van der Waals surface area contributed by atoms with Crippen LogP contribution in [0.5, 0.6) is 0 Å². The Labute approximate surface area is 142 Å². The second kappa shape index (κ2) is 18.3. The molecule has 4 nitrogen and oxygen atoms in total. The maximum absolute atomic E-state index is 3.00. The van der Waals surface area contributed by atoms with Gasteiger partial charge in [-0.25, -0.2) is 0 Å². The van der Waals surface area contributed by atoms with E-state index in [0.29, 0.717) is 0 Å². The summed E-state index contributed by atoms with van der Waals surface area (Å²) in [5.74, 6) is 0. The number of nitrogens with zero attached hydrogens (tertiary/aromatic N) is 4. The van der Waals surface area contributed by atoms with Crippen molar-refractivity contribution in [3.63, 3.8) is 0 Å². The molecule has 0 aromatic heterocycles. The molecule has 0 unspecified atom stereocenters. The van der Waals surface area contributed by atoms with E-state index in [1.165, 1.54) is 52.1 Å². The molecule has 0 spiro atoms. The van der Waals surface area contributed by atoms with Crippen LogP contribution < -0.4 is 0 Å². The SMILES string of the molecule is CN(C)CCCN(C)CCN(C)CCCN(C)C.[CH2]=[Fe].[CH3-]. The smallest absolute Gasteiger partial charge is 0.358 e. The van der Waals surface area contributed by atoms with Crippen LogP contribution in [0.15, 0.2) is 0 Å². The Hall–Kier alpha value is 0.229. The minimum atomic E-state index is 0. The van der Waals surface area contributed by atoms with E-state index in [-0.39, 0.29) is 7.43 Å². The zero-order valence-corrected chi connectivity index (χ0v) is 16.6. The van der Waals surface area contributed by atoms with Crippen LogP contribution in [0.2, 0.25) is 0 Å². The second-order valence-corrected chi connectivity index (χ2v) is 5.92. The third-order valence-corrected chi connectivity index (χ3v) is 3.15. The largest absolute Gasteiger partial charge is 0.358 e. The molecule has 0 atom stereocenters. The number of likely N-dealkylation sites (N-methyl/N-ethyl adjacent to an activating group) is 2. The van der Waals surface area contributed by atoms with Crippen LogP contribution in [0.25, 0.3) is 0 Å². The van der Waals surface area contributed by atoms with Gasteiger partial charge in [0, 0.05) is 13.1 Å². The molecule has 0 aromatic carbocycles. The summed E-state index contributed by atoms with van der Waals surface area (Å²) in [6, 6.07) is 0. The second-order valence-electron chi connectivity index (χ2n) is 5.92. The summed E-state index contributed by atoms with van der Waals surface area (Å²) in [6.07, 6.45) is 2.52. The van der Waals surface area contributed by atoms with E-state index in [1.54, 1.807) is 0 Å². The molecule has 0 bridgehead atoms. The standard InChI is InChI=1S/C14H34N4.CH3.CH2.Fe/c1-15(2)9-7-11-17(5)13-14-18(6)12-8-10-16(3)4;;;/h7-14H2,1-6H3;1H3;1H2;/q;-1;;. The van der Waals surface area contributed by atoms with Crippen molar-refractivity contribution >= 4 is 5.42 Å². The molecule has 0 aromatic rings. The van der Waals surface area contributed by atoms with Gasteiger partial charge in [0.2, 0.25) is 0 Å². The van der Waals surface area contributed by atoms with Crippen LogP contribution in [0, 0.1) is 7.43 Å². The summed E-state index contributed by atoms with van der Waals surface area (Å²) in [7, 11) is 13.0. The Balaban J connectivity index is -0.00000103. The first kappa shape index (κ1) is 26.1. The van der Waals surface area contributed by atoms with Crippen LogP contribution in [0.3, 0.4) is 0 Å². The quantitative estimate of drug-likeness (QED) is 0.412. The van der Waals surface area contributed by atoms with Crippen LogP contribution in [0.4, 0.5) is 0 Å². The van der Waals surface area contributed by atoms with Gasteiger partial charge >= 0.3 is 21.0 Å². The molecule has 5 heteroatoms. The van der Waals surface area contributed by atoms with Gasteiger partial charge in [-0.05, 0) is 81.3 Å². The molecule has 0 amide bonds. The van der Waals surface area contributed by atoms with E-state index in [1.807, 2.05) is 0 Å². The number of hydrogen-bond donors (Lipinski definition) is 0. The molecular formula is C16H39FeN4-. The molecule has 0 aliphatic carbocycles. The van der Waals surface area contributed by atoms with Gasteiger partial charge in [-0.1, -0.05) is 0 Å². The fourth-order valence-electron chi connectivity index (χ4n) is 1.88. The van der Waals surface area contributed by atoms with Gasteiger partial charge < -0.3 is 27.0 Å². The molecule has 132 valence electrons. The first-order valence-corrected chi connectivity index (χ1v) is 8.11. The summed E-state index contributed by atoms with van der Waals surface area (Å²) in [5.41, 5.74) is 3.00. The first-order chi connectivity index (χ1) is 9.41. The van der Waals surface area contributed by atoms with Gasteiger partial charge in [0.15, 0.2) is 0 Å². The van der Waals surface area contributed by atoms with Crippen molar-refractivity contribution in [2.24, 2.45) is 0 Å². The Kier molecular flexibility index (Phi) is 22.8. The molecule has 0 aliphatic heterocycles. The third-order valence-electron chi connectivity index (χ3n) is 3.15. The molecule has 0 N–H and O–H groups in total. The summed E-state index contributed by atoms with van der Waals surface area (Å²) in [4.78, 5) is 9.38. The van der Waals surface area contributed by atoms with E-state index >= 15 is 0 Å². The van der Waals surface area contributed by atoms with Crippen molar-refractivity contribution in [1.29, 1.82) is 0 Å². The zero-order chi connectivity index (χ0) is 16.0. The monoisotopic (exact) mass is 343 g/mol. The molecule has 0 radical (unpaired) electrons. The van der Waals surface area contributed by atoms with Crippen molar-refractivity contribution in [3.8, 4) is 0 Å². The Morgan fingerprint density at radius 1 is 0.571 bits per heavy atom. The maximum atomic E-state index is 3.00. The fourth-order valence-corrected chi connectivity index (χ4v) is 1.88. The molecule has 0 saturated heterocycles. The first-order valence-electron chi connectivity index (χ1n) is 7.33. The van der Waals surface area contributed by atoms with Crippen molar-refractivity contribution in [3.05, 3.63) is 7.43 Å². The van der Waals surface area contributed by atoms with Crippen molar-refractivity contribution in [2.45, 2.75) is 12.8 Å². The fraction of sp³-hybridized carbons (Fsp3) is 0.875. The van der Waals surface area contributed by atoms with E-state index < -0.39 is 0 Å². The maximum Gasteiger partial charge on any atom is -0.358 e. The van der Waals surface area contributed by atoms with Gasteiger partial charge in [0.05, 0.1) is 0 Å². The third kappa shape index (κ3) is 22.6. The Morgan fingerprint density at radius 3 is 1.10 bits per heavy atom. The van der Waals surface area contributed by atoms with E-state index in [2.05, 4.69) is 82.9 Å². The van der Waals surface area contributed by atoms with Gasteiger partial charge in [-0.3, -0.25) is 0 Å². The van der Waals surface area contributed by atoms with Crippen molar-refractivity contribution < 1.29 is 15.6 Å². The molecule has 21 heavy (non-hydrogen) atoms. The van der Waals surface area contributed by atoms with Crippen molar-refractivity contribution in [2.75, 3.05) is 81.6 Å². The molecule has 0 saturated carbocycles. The topological polar surface area (TPSA) is 13.0 Å². The number of rotatable bonds is 11. The minimum Gasteiger partial charge on any atom is -0.358 e.